The number of aromatic nitrogens is 1. The van der Waals surface area contributed by atoms with Crippen LogP contribution in [0.1, 0.15) is 21.6 Å². The Hall–Kier alpha value is -1.29. The van der Waals surface area contributed by atoms with Crippen LogP contribution in [0.4, 0.5) is 0 Å². The molecule has 1 N–H and O–H groups in total. The van der Waals surface area contributed by atoms with Gasteiger partial charge in [-0.15, -0.1) is 0 Å². The number of hydrogen-bond acceptors (Lipinski definition) is 2. The lowest BCUT2D eigenvalue weighted by atomic mass is 10.1. The maximum atomic E-state index is 11.5. The molecule has 0 fully saturated rings. The standard InChI is InChI=1S/C9H10ClNO3/c1-4-7(10)6(9(13)14)5(2)11(3)8(4)12/h1-3H3,(H,13,14). The summed E-state index contributed by atoms with van der Waals surface area (Å²) >= 11 is 5.78. The van der Waals surface area contributed by atoms with Crippen LogP contribution >= 0.6 is 11.6 Å². The van der Waals surface area contributed by atoms with Crippen LogP contribution in [0, 0.1) is 13.8 Å². The average molecular weight is 216 g/mol. The van der Waals surface area contributed by atoms with Gasteiger partial charge in [0.2, 0.25) is 0 Å². The van der Waals surface area contributed by atoms with E-state index in [1.807, 2.05) is 0 Å². The van der Waals surface area contributed by atoms with Gasteiger partial charge in [0.05, 0.1) is 10.6 Å². The van der Waals surface area contributed by atoms with Crippen LogP contribution in [0.25, 0.3) is 0 Å². The summed E-state index contributed by atoms with van der Waals surface area (Å²) in [4.78, 5) is 22.3. The SMILES string of the molecule is Cc1c(Cl)c(C(=O)O)c(C)n(C)c1=O. The van der Waals surface area contributed by atoms with Gasteiger partial charge < -0.3 is 9.67 Å². The third-order valence-electron chi connectivity index (χ3n) is 2.25. The first-order chi connectivity index (χ1) is 6.37. The second-order valence-electron chi connectivity index (χ2n) is 3.07. The quantitative estimate of drug-likeness (QED) is 0.770. The number of halogens is 1. The van der Waals surface area contributed by atoms with Crippen molar-refractivity contribution in [2.45, 2.75) is 13.8 Å². The zero-order valence-electron chi connectivity index (χ0n) is 8.09. The molecule has 0 aliphatic carbocycles. The highest BCUT2D eigenvalue weighted by Gasteiger charge is 2.18. The molecular formula is C9H10ClNO3. The maximum Gasteiger partial charge on any atom is 0.339 e. The Balaban J connectivity index is 3.78. The number of carbonyl (C=O) groups is 1. The molecule has 0 bridgehead atoms. The second kappa shape index (κ2) is 3.46. The number of carboxylic acid groups (broad SMARTS) is 1. The van der Waals surface area contributed by atoms with Crippen molar-refractivity contribution in [1.82, 2.24) is 4.57 Å². The molecule has 76 valence electrons. The zero-order valence-corrected chi connectivity index (χ0v) is 8.84. The number of hydrogen-bond donors (Lipinski definition) is 1. The lowest BCUT2D eigenvalue weighted by Gasteiger charge is -2.10. The fraction of sp³-hybridized carbons (Fsp3) is 0.333. The van der Waals surface area contributed by atoms with Crippen molar-refractivity contribution in [2.24, 2.45) is 7.05 Å². The highest BCUT2D eigenvalue weighted by Crippen LogP contribution is 2.20. The summed E-state index contributed by atoms with van der Waals surface area (Å²) in [6.45, 7) is 3.06. The number of rotatable bonds is 1. The molecule has 0 aromatic carbocycles. The Morgan fingerprint density at radius 2 is 1.93 bits per heavy atom. The highest BCUT2D eigenvalue weighted by molar-refractivity contribution is 6.34. The molecule has 1 rings (SSSR count). The molecule has 0 aliphatic rings. The van der Waals surface area contributed by atoms with Crippen LogP contribution in [0.5, 0.6) is 0 Å². The molecule has 1 heterocycles. The summed E-state index contributed by atoms with van der Waals surface area (Å²) in [6, 6.07) is 0. The van der Waals surface area contributed by atoms with Gasteiger partial charge in [0.1, 0.15) is 0 Å². The Morgan fingerprint density at radius 3 is 2.36 bits per heavy atom. The van der Waals surface area contributed by atoms with Crippen molar-refractivity contribution in [3.8, 4) is 0 Å². The topological polar surface area (TPSA) is 59.3 Å². The molecule has 0 unspecified atom stereocenters. The first-order valence-corrected chi connectivity index (χ1v) is 4.34. The van der Waals surface area contributed by atoms with Crippen molar-refractivity contribution in [3.63, 3.8) is 0 Å². The molecule has 1 aromatic rings. The molecule has 0 atom stereocenters. The summed E-state index contributed by atoms with van der Waals surface area (Å²) in [5, 5.41) is 8.91. The average Bonchev–Trinajstić information content (AvgIpc) is 2.11. The van der Waals surface area contributed by atoms with E-state index in [1.165, 1.54) is 18.5 Å². The molecule has 0 aliphatic heterocycles. The van der Waals surface area contributed by atoms with Crippen molar-refractivity contribution in [2.75, 3.05) is 0 Å². The summed E-state index contributed by atoms with van der Waals surface area (Å²) in [5.74, 6) is -1.12. The third kappa shape index (κ3) is 1.42. The molecule has 0 saturated heterocycles. The van der Waals surface area contributed by atoms with Crippen molar-refractivity contribution in [1.29, 1.82) is 0 Å². The zero-order chi connectivity index (χ0) is 11.0. The van der Waals surface area contributed by atoms with E-state index in [-0.39, 0.29) is 21.7 Å². The van der Waals surface area contributed by atoms with Crippen LogP contribution in [0.2, 0.25) is 5.02 Å². The molecule has 1 aromatic heterocycles. The van der Waals surface area contributed by atoms with E-state index in [2.05, 4.69) is 0 Å². The summed E-state index contributed by atoms with van der Waals surface area (Å²) < 4.78 is 1.28. The van der Waals surface area contributed by atoms with Gasteiger partial charge in [0, 0.05) is 18.3 Å². The monoisotopic (exact) mass is 215 g/mol. The minimum Gasteiger partial charge on any atom is -0.478 e. The number of nitrogens with zero attached hydrogens (tertiary/aromatic N) is 1. The molecule has 5 heteroatoms. The molecule has 0 saturated carbocycles. The molecule has 4 nitrogen and oxygen atoms in total. The Bertz CT molecular complexity index is 430. The van der Waals surface area contributed by atoms with Gasteiger partial charge in [-0.1, -0.05) is 11.6 Å². The van der Waals surface area contributed by atoms with Crippen molar-refractivity contribution >= 4 is 17.6 Å². The molecule has 14 heavy (non-hydrogen) atoms. The van der Waals surface area contributed by atoms with Crippen LogP contribution < -0.4 is 5.56 Å². The van der Waals surface area contributed by atoms with E-state index in [1.54, 1.807) is 6.92 Å². The summed E-state index contributed by atoms with van der Waals surface area (Å²) in [5.41, 5.74) is 0.346. The Kier molecular flexibility index (Phi) is 2.66. The van der Waals surface area contributed by atoms with Gasteiger partial charge in [0.25, 0.3) is 5.56 Å². The van der Waals surface area contributed by atoms with Crippen LogP contribution in [0.15, 0.2) is 4.79 Å². The summed E-state index contributed by atoms with van der Waals surface area (Å²) in [7, 11) is 1.52. The molecular weight excluding hydrogens is 206 g/mol. The lowest BCUT2D eigenvalue weighted by Crippen LogP contribution is -2.25. The van der Waals surface area contributed by atoms with Crippen molar-refractivity contribution in [3.05, 3.63) is 32.2 Å². The Morgan fingerprint density at radius 1 is 1.43 bits per heavy atom. The predicted molar refractivity (Wildman–Crippen MR) is 53.1 cm³/mol. The van der Waals surface area contributed by atoms with E-state index in [0.717, 1.165) is 0 Å². The van der Waals surface area contributed by atoms with Gasteiger partial charge in [-0.3, -0.25) is 4.79 Å². The van der Waals surface area contributed by atoms with Gasteiger partial charge in [-0.2, -0.15) is 0 Å². The first kappa shape index (κ1) is 10.8. The maximum absolute atomic E-state index is 11.5. The number of aromatic carboxylic acids is 1. The van der Waals surface area contributed by atoms with Gasteiger partial charge in [0.15, 0.2) is 0 Å². The normalized spacial score (nSPS) is 10.3. The first-order valence-electron chi connectivity index (χ1n) is 3.97. The minimum absolute atomic E-state index is 0.00809. The number of carboxylic acids is 1. The molecule has 0 amide bonds. The van der Waals surface area contributed by atoms with E-state index in [4.69, 9.17) is 16.7 Å². The second-order valence-corrected chi connectivity index (χ2v) is 3.45. The third-order valence-corrected chi connectivity index (χ3v) is 2.73. The van der Waals surface area contributed by atoms with E-state index in [0.29, 0.717) is 5.69 Å². The van der Waals surface area contributed by atoms with Crippen LogP contribution in [-0.2, 0) is 7.05 Å². The van der Waals surface area contributed by atoms with Gasteiger partial charge >= 0.3 is 5.97 Å². The molecule has 0 spiro atoms. The molecule has 0 radical (unpaired) electrons. The highest BCUT2D eigenvalue weighted by atomic mass is 35.5. The smallest absolute Gasteiger partial charge is 0.339 e. The largest absolute Gasteiger partial charge is 0.478 e. The van der Waals surface area contributed by atoms with Crippen LogP contribution in [-0.4, -0.2) is 15.6 Å². The lowest BCUT2D eigenvalue weighted by molar-refractivity contribution is 0.0695. The van der Waals surface area contributed by atoms with Gasteiger partial charge in [-0.25, -0.2) is 4.79 Å². The van der Waals surface area contributed by atoms with Crippen LogP contribution in [0.3, 0.4) is 0 Å². The van der Waals surface area contributed by atoms with Crippen molar-refractivity contribution < 1.29 is 9.90 Å². The van der Waals surface area contributed by atoms with E-state index >= 15 is 0 Å². The fourth-order valence-electron chi connectivity index (χ4n) is 1.26. The fourth-order valence-corrected chi connectivity index (χ4v) is 1.56. The Labute approximate surface area is 85.7 Å². The number of pyridine rings is 1. The predicted octanol–water partition coefficient (Wildman–Crippen LogP) is 1.35. The van der Waals surface area contributed by atoms with E-state index < -0.39 is 5.97 Å². The summed E-state index contributed by atoms with van der Waals surface area (Å²) in [6.07, 6.45) is 0. The minimum atomic E-state index is -1.12. The van der Waals surface area contributed by atoms with E-state index in [9.17, 15) is 9.59 Å². The van der Waals surface area contributed by atoms with Gasteiger partial charge in [-0.05, 0) is 13.8 Å².